The number of aromatic nitrogens is 3. The van der Waals surface area contributed by atoms with Crippen molar-refractivity contribution in [1.82, 2.24) is 15.0 Å². The average molecular weight is 430 g/mol. The first-order valence-corrected chi connectivity index (χ1v) is 10.2. The predicted octanol–water partition coefficient (Wildman–Crippen LogP) is 4.01. The van der Waals surface area contributed by atoms with Crippen molar-refractivity contribution in [2.75, 3.05) is 5.32 Å². The summed E-state index contributed by atoms with van der Waals surface area (Å²) in [6.45, 7) is 1.80. The largest absolute Gasteiger partial charge is 0.480 e. The second-order valence-corrected chi connectivity index (χ2v) is 7.71. The van der Waals surface area contributed by atoms with Crippen molar-refractivity contribution in [1.29, 1.82) is 0 Å². The van der Waals surface area contributed by atoms with Gasteiger partial charge in [0.25, 0.3) is 0 Å². The minimum absolute atomic E-state index is 0.400. The Morgan fingerprint density at radius 3 is 2.47 bits per heavy atom. The number of hydrogen-bond donors (Lipinski definition) is 2. The molecule has 1 aromatic heterocycles. The van der Waals surface area contributed by atoms with Crippen molar-refractivity contribution in [2.45, 2.75) is 25.9 Å². The van der Waals surface area contributed by atoms with Crippen LogP contribution in [0.2, 0.25) is 0 Å². The van der Waals surface area contributed by atoms with Crippen molar-refractivity contribution in [3.63, 3.8) is 0 Å². The topological polar surface area (TPSA) is 106 Å². The summed E-state index contributed by atoms with van der Waals surface area (Å²) in [5.41, 5.74) is 1.92. The van der Waals surface area contributed by atoms with Crippen LogP contribution < -0.4 is 5.32 Å². The highest BCUT2D eigenvalue weighted by atomic mass is 16.6. The summed E-state index contributed by atoms with van der Waals surface area (Å²) in [5, 5.41) is 20.1. The summed E-state index contributed by atoms with van der Waals surface area (Å²) in [4.78, 5) is 23.7. The van der Waals surface area contributed by atoms with E-state index in [0.717, 1.165) is 11.1 Å². The first-order valence-electron chi connectivity index (χ1n) is 10.2. The highest BCUT2D eigenvalue weighted by Crippen LogP contribution is 2.45. The number of ether oxygens (including phenoxy) is 1. The minimum Gasteiger partial charge on any atom is -0.480 e. The normalized spacial score (nSPS) is 14.6. The molecule has 0 saturated heterocycles. The number of nitrogens with one attached hydrogen (secondary N) is 1. The van der Waals surface area contributed by atoms with Crippen molar-refractivity contribution >= 4 is 17.9 Å². The lowest BCUT2D eigenvalue weighted by Crippen LogP contribution is -2.18. The Morgan fingerprint density at radius 1 is 1.16 bits per heavy atom. The van der Waals surface area contributed by atoms with Gasteiger partial charge in [-0.3, -0.25) is 10.1 Å². The summed E-state index contributed by atoms with van der Waals surface area (Å²) >= 11 is 0. The molecule has 0 bridgehead atoms. The number of nitrogens with zero attached hydrogens (tertiary/aromatic N) is 3. The fraction of sp³-hybridized carbons (Fsp3) is 0.250. The van der Waals surface area contributed by atoms with E-state index >= 15 is 0 Å². The van der Waals surface area contributed by atoms with Crippen molar-refractivity contribution < 1.29 is 19.4 Å². The molecule has 4 rings (SSSR count). The van der Waals surface area contributed by atoms with Gasteiger partial charge in [0.1, 0.15) is 17.2 Å². The number of carboxylic acids is 1. The number of anilines is 1. The van der Waals surface area contributed by atoms with E-state index in [1.807, 2.05) is 30.3 Å². The minimum atomic E-state index is -0.891. The quantitative estimate of drug-likeness (QED) is 0.593. The third-order valence-corrected chi connectivity index (χ3v) is 5.36. The van der Waals surface area contributed by atoms with Crippen LogP contribution in [0.5, 0.6) is 0 Å². The number of rotatable bonds is 5. The number of carbonyl (C=O) groups is 2. The molecule has 8 nitrogen and oxygen atoms in total. The Kier molecular flexibility index (Phi) is 5.65. The second kappa shape index (κ2) is 8.55. The lowest BCUT2D eigenvalue weighted by molar-refractivity contribution is -0.141. The van der Waals surface area contributed by atoms with Crippen LogP contribution in [-0.2, 0) is 16.6 Å². The molecule has 1 unspecified atom stereocenters. The van der Waals surface area contributed by atoms with E-state index in [4.69, 9.17) is 4.74 Å². The van der Waals surface area contributed by atoms with E-state index in [2.05, 4.69) is 27.5 Å². The molecule has 1 aliphatic rings. The third-order valence-electron chi connectivity index (χ3n) is 5.36. The predicted molar refractivity (Wildman–Crippen MR) is 118 cm³/mol. The van der Waals surface area contributed by atoms with E-state index < -0.39 is 23.6 Å². The number of hydrogen-bond acceptors (Lipinski definition) is 5. The van der Waals surface area contributed by atoms with E-state index in [-0.39, 0.29) is 0 Å². The number of aliphatic carboxylic acids is 1. The molecule has 3 aromatic rings. The second-order valence-electron chi connectivity index (χ2n) is 7.71. The number of carboxylic acid groups (broad SMARTS) is 1. The molecule has 162 valence electrons. The van der Waals surface area contributed by atoms with E-state index in [0.29, 0.717) is 29.9 Å². The maximum atomic E-state index is 12.5. The van der Waals surface area contributed by atoms with Crippen molar-refractivity contribution in [3.05, 3.63) is 65.7 Å². The average Bonchev–Trinajstić information content (AvgIpc) is 3.52. The summed E-state index contributed by atoms with van der Waals surface area (Å²) < 4.78 is 6.94. The lowest BCUT2D eigenvalue weighted by Gasteiger charge is -2.14. The number of amides is 1. The first kappa shape index (κ1) is 21.1. The summed E-state index contributed by atoms with van der Waals surface area (Å²) in [6.07, 6.45) is 0.139. The molecule has 2 N–H and O–H groups in total. The summed E-state index contributed by atoms with van der Waals surface area (Å²) in [7, 11) is 1.67. The van der Waals surface area contributed by atoms with Gasteiger partial charge in [0.05, 0.1) is 0 Å². The molecule has 8 heteroatoms. The highest BCUT2D eigenvalue weighted by Gasteiger charge is 2.49. The summed E-state index contributed by atoms with van der Waals surface area (Å²) in [5.74, 6) is 5.33. The molecular formula is C24H22N4O4. The van der Waals surface area contributed by atoms with Gasteiger partial charge in [-0.05, 0) is 37.5 Å². The summed E-state index contributed by atoms with van der Waals surface area (Å²) in [6, 6.07) is 16.6. The maximum absolute atomic E-state index is 12.5. The number of aryl methyl sites for hydroxylation is 1. The molecule has 32 heavy (non-hydrogen) atoms. The molecule has 1 atom stereocenters. The van der Waals surface area contributed by atoms with E-state index in [1.165, 1.54) is 4.68 Å². The van der Waals surface area contributed by atoms with Crippen LogP contribution in [-0.4, -0.2) is 32.2 Å². The van der Waals surface area contributed by atoms with Gasteiger partial charge in [-0.2, -0.15) is 0 Å². The van der Waals surface area contributed by atoms with Gasteiger partial charge in [0, 0.05) is 18.2 Å². The SMILES string of the molecule is CC(OC(=O)Nc1c(-c2ccc(C#CC3(C(=O)O)CC3)cc2)nnn1C)c1ccccc1. The van der Waals surface area contributed by atoms with Gasteiger partial charge < -0.3 is 9.84 Å². The van der Waals surface area contributed by atoms with Crippen LogP contribution in [0.25, 0.3) is 11.3 Å². The number of carbonyl (C=O) groups excluding carboxylic acids is 1. The van der Waals surface area contributed by atoms with Gasteiger partial charge in [0.15, 0.2) is 5.82 Å². The highest BCUT2D eigenvalue weighted by molar-refractivity contribution is 5.88. The number of benzene rings is 2. The molecule has 0 radical (unpaired) electrons. The Labute approximate surface area is 185 Å². The van der Waals surface area contributed by atoms with Gasteiger partial charge in [-0.1, -0.05) is 59.5 Å². The molecule has 1 amide bonds. The zero-order valence-corrected chi connectivity index (χ0v) is 17.7. The van der Waals surface area contributed by atoms with E-state index in [9.17, 15) is 14.7 Å². The van der Waals surface area contributed by atoms with Gasteiger partial charge in [-0.15, -0.1) is 5.10 Å². The third kappa shape index (κ3) is 4.47. The zero-order valence-electron chi connectivity index (χ0n) is 17.7. The van der Waals surface area contributed by atoms with Crippen molar-refractivity contribution in [3.8, 4) is 23.1 Å². The van der Waals surface area contributed by atoms with Crippen LogP contribution in [0.4, 0.5) is 10.6 Å². The van der Waals surface area contributed by atoms with Gasteiger partial charge in [-0.25, -0.2) is 9.48 Å². The molecule has 0 aliphatic heterocycles. The fourth-order valence-corrected chi connectivity index (χ4v) is 3.19. The maximum Gasteiger partial charge on any atom is 0.413 e. The molecule has 1 fully saturated rings. The smallest absolute Gasteiger partial charge is 0.413 e. The molecule has 1 saturated carbocycles. The fourth-order valence-electron chi connectivity index (χ4n) is 3.19. The van der Waals surface area contributed by atoms with Crippen LogP contribution in [0.1, 0.15) is 37.0 Å². The Morgan fingerprint density at radius 2 is 1.84 bits per heavy atom. The molecule has 1 aliphatic carbocycles. The van der Waals surface area contributed by atoms with Gasteiger partial charge in [0.2, 0.25) is 0 Å². The van der Waals surface area contributed by atoms with Crippen LogP contribution >= 0.6 is 0 Å². The molecule has 1 heterocycles. The van der Waals surface area contributed by atoms with Crippen LogP contribution in [0.15, 0.2) is 54.6 Å². The Hall–Kier alpha value is -4.12. The Bertz CT molecular complexity index is 1200. The van der Waals surface area contributed by atoms with Gasteiger partial charge >= 0.3 is 12.1 Å². The molecular weight excluding hydrogens is 408 g/mol. The molecule has 0 spiro atoms. The zero-order chi connectivity index (χ0) is 22.7. The monoisotopic (exact) mass is 430 g/mol. The first-order chi connectivity index (χ1) is 15.4. The lowest BCUT2D eigenvalue weighted by atomic mass is 10.1. The standard InChI is InChI=1S/C24H22N4O4/c1-16(18-6-4-3-5-7-18)32-23(31)25-21-20(26-27-28(21)2)19-10-8-17(9-11-19)12-13-24(14-15-24)22(29)30/h3-11,16H,14-15H2,1-2H3,(H,25,31)(H,29,30). The van der Waals surface area contributed by atoms with Crippen LogP contribution in [0.3, 0.4) is 0 Å². The van der Waals surface area contributed by atoms with Crippen molar-refractivity contribution in [2.24, 2.45) is 12.5 Å². The van der Waals surface area contributed by atoms with E-state index in [1.54, 1.807) is 38.2 Å². The van der Waals surface area contributed by atoms with Crippen LogP contribution in [0, 0.1) is 17.3 Å². The molecule has 2 aromatic carbocycles. The Balaban J connectivity index is 1.47.